The molecule has 5 nitrogen and oxygen atoms in total. The lowest BCUT2D eigenvalue weighted by molar-refractivity contribution is 0.0950. The molecular formula is C16H22FIN4O. The molecule has 7 heteroatoms. The van der Waals surface area contributed by atoms with E-state index in [2.05, 4.69) is 33.1 Å². The van der Waals surface area contributed by atoms with Crippen molar-refractivity contribution in [2.24, 2.45) is 4.99 Å². The van der Waals surface area contributed by atoms with E-state index < -0.39 is 11.7 Å². The van der Waals surface area contributed by atoms with Crippen molar-refractivity contribution in [1.29, 1.82) is 0 Å². The first-order chi connectivity index (χ1) is 10.7. The number of nitrogens with one attached hydrogen (secondary N) is 3. The fourth-order valence-corrected chi connectivity index (χ4v) is 2.22. The van der Waals surface area contributed by atoms with Crippen molar-refractivity contribution in [1.82, 2.24) is 16.0 Å². The van der Waals surface area contributed by atoms with Crippen LogP contribution in [0.2, 0.25) is 0 Å². The van der Waals surface area contributed by atoms with Gasteiger partial charge in [0.1, 0.15) is 5.82 Å². The summed E-state index contributed by atoms with van der Waals surface area (Å²) in [4.78, 5) is 16.0. The van der Waals surface area contributed by atoms with E-state index >= 15 is 0 Å². The molecule has 0 atom stereocenters. The highest BCUT2D eigenvalue weighted by Gasteiger charge is 2.12. The predicted molar refractivity (Wildman–Crippen MR) is 101 cm³/mol. The fourth-order valence-electron chi connectivity index (χ4n) is 2.22. The summed E-state index contributed by atoms with van der Waals surface area (Å²) in [6.45, 7) is 0.900. The Kier molecular flexibility index (Phi) is 8.60. The van der Waals surface area contributed by atoms with Crippen molar-refractivity contribution in [2.45, 2.75) is 18.9 Å². The Labute approximate surface area is 152 Å². The van der Waals surface area contributed by atoms with Crippen molar-refractivity contribution in [3.05, 3.63) is 47.8 Å². The van der Waals surface area contributed by atoms with Crippen LogP contribution >= 0.6 is 24.0 Å². The molecule has 0 radical (unpaired) electrons. The van der Waals surface area contributed by atoms with Gasteiger partial charge in [-0.3, -0.25) is 9.79 Å². The van der Waals surface area contributed by atoms with Crippen molar-refractivity contribution in [3.63, 3.8) is 0 Å². The third kappa shape index (κ3) is 6.17. The molecule has 0 bridgehead atoms. The molecule has 3 N–H and O–H groups in total. The first-order valence-corrected chi connectivity index (χ1v) is 7.35. The minimum atomic E-state index is -0.515. The van der Waals surface area contributed by atoms with E-state index in [0.717, 1.165) is 12.8 Å². The lowest BCUT2D eigenvalue weighted by Crippen LogP contribution is -2.45. The van der Waals surface area contributed by atoms with Crippen LogP contribution in [-0.4, -0.2) is 38.0 Å². The van der Waals surface area contributed by atoms with Crippen molar-refractivity contribution < 1.29 is 9.18 Å². The van der Waals surface area contributed by atoms with Gasteiger partial charge in [-0.2, -0.15) is 0 Å². The van der Waals surface area contributed by atoms with Gasteiger partial charge >= 0.3 is 0 Å². The van der Waals surface area contributed by atoms with Gasteiger partial charge in [0.15, 0.2) is 5.96 Å². The summed E-state index contributed by atoms with van der Waals surface area (Å²) >= 11 is 0. The quantitative estimate of drug-likeness (QED) is 0.220. The minimum absolute atomic E-state index is 0. The summed E-state index contributed by atoms with van der Waals surface area (Å²) in [7, 11) is 1.70. The van der Waals surface area contributed by atoms with Crippen molar-refractivity contribution in [2.75, 3.05) is 20.1 Å². The Hall–Kier alpha value is -1.64. The second-order valence-electron chi connectivity index (χ2n) is 5.02. The number of benzene rings is 1. The molecule has 2 rings (SSSR count). The maximum Gasteiger partial charge on any atom is 0.254 e. The van der Waals surface area contributed by atoms with Crippen molar-refractivity contribution in [3.8, 4) is 0 Å². The number of rotatable bonds is 5. The van der Waals surface area contributed by atoms with Crippen molar-refractivity contribution >= 4 is 35.8 Å². The van der Waals surface area contributed by atoms with Gasteiger partial charge in [0.25, 0.3) is 5.91 Å². The van der Waals surface area contributed by atoms with E-state index in [1.165, 1.54) is 12.1 Å². The van der Waals surface area contributed by atoms with Gasteiger partial charge in [-0.1, -0.05) is 24.3 Å². The maximum atomic E-state index is 13.4. The van der Waals surface area contributed by atoms with Gasteiger partial charge in [0, 0.05) is 26.2 Å². The first-order valence-electron chi connectivity index (χ1n) is 7.35. The average Bonchev–Trinajstić information content (AvgIpc) is 3.03. The van der Waals surface area contributed by atoms with Gasteiger partial charge in [-0.05, 0) is 25.0 Å². The number of guanidine groups is 1. The summed E-state index contributed by atoms with van der Waals surface area (Å²) in [5, 5.41) is 9.09. The van der Waals surface area contributed by atoms with E-state index in [4.69, 9.17) is 0 Å². The molecule has 0 unspecified atom stereocenters. The molecule has 1 aromatic rings. The molecule has 0 fully saturated rings. The molecule has 1 aliphatic rings. The van der Waals surface area contributed by atoms with Crippen LogP contribution in [0.25, 0.3) is 0 Å². The minimum Gasteiger partial charge on any atom is -0.355 e. The smallest absolute Gasteiger partial charge is 0.254 e. The van der Waals surface area contributed by atoms with Gasteiger partial charge in [-0.25, -0.2) is 4.39 Å². The van der Waals surface area contributed by atoms with E-state index in [0.29, 0.717) is 25.1 Å². The third-order valence-electron chi connectivity index (χ3n) is 3.39. The molecule has 1 amide bonds. The zero-order chi connectivity index (χ0) is 15.8. The van der Waals surface area contributed by atoms with E-state index in [-0.39, 0.29) is 29.5 Å². The Morgan fingerprint density at radius 2 is 1.87 bits per heavy atom. The van der Waals surface area contributed by atoms with Crippen LogP contribution in [0.3, 0.4) is 0 Å². The van der Waals surface area contributed by atoms with E-state index in [9.17, 15) is 9.18 Å². The maximum absolute atomic E-state index is 13.4. The van der Waals surface area contributed by atoms with Crippen LogP contribution in [0.4, 0.5) is 4.39 Å². The second kappa shape index (κ2) is 10.2. The molecule has 0 saturated carbocycles. The lowest BCUT2D eigenvalue weighted by atomic mass is 10.2. The molecule has 0 spiro atoms. The number of halogens is 2. The first kappa shape index (κ1) is 19.4. The molecule has 0 aromatic heterocycles. The molecule has 0 aliphatic heterocycles. The standard InChI is InChI=1S/C16H21FN4O.HI/c1-18-16(21-12-6-2-3-7-12)20-11-10-19-15(22)13-8-4-5-9-14(13)17;/h2-5,8-9,12H,6-7,10-11H2,1H3,(H,19,22)(H2,18,20,21);1H. The number of nitrogens with zero attached hydrogens (tertiary/aromatic N) is 1. The summed E-state index contributed by atoms with van der Waals surface area (Å²) < 4.78 is 13.4. The van der Waals surface area contributed by atoms with Crippen LogP contribution in [0.15, 0.2) is 41.4 Å². The highest BCUT2D eigenvalue weighted by molar-refractivity contribution is 14.0. The van der Waals surface area contributed by atoms with Crippen LogP contribution in [-0.2, 0) is 0 Å². The largest absolute Gasteiger partial charge is 0.355 e. The third-order valence-corrected chi connectivity index (χ3v) is 3.39. The Bertz CT molecular complexity index is 569. The second-order valence-corrected chi connectivity index (χ2v) is 5.02. The highest BCUT2D eigenvalue weighted by Crippen LogP contribution is 2.08. The molecule has 126 valence electrons. The highest BCUT2D eigenvalue weighted by atomic mass is 127. The zero-order valence-electron chi connectivity index (χ0n) is 13.0. The monoisotopic (exact) mass is 432 g/mol. The van der Waals surface area contributed by atoms with Gasteiger partial charge in [-0.15, -0.1) is 24.0 Å². The molecule has 23 heavy (non-hydrogen) atoms. The lowest BCUT2D eigenvalue weighted by Gasteiger charge is -2.17. The number of amides is 1. The van der Waals surface area contributed by atoms with Gasteiger partial charge in [0.05, 0.1) is 5.56 Å². The van der Waals surface area contributed by atoms with Gasteiger partial charge in [0.2, 0.25) is 0 Å². The number of aliphatic imine (C=N–C) groups is 1. The van der Waals surface area contributed by atoms with E-state index in [1.54, 1.807) is 19.2 Å². The van der Waals surface area contributed by atoms with Crippen LogP contribution in [0.1, 0.15) is 23.2 Å². The van der Waals surface area contributed by atoms with Gasteiger partial charge < -0.3 is 16.0 Å². The summed E-state index contributed by atoms with van der Waals surface area (Å²) in [5.74, 6) is -0.226. The van der Waals surface area contributed by atoms with E-state index in [1.807, 2.05) is 0 Å². The molecular weight excluding hydrogens is 410 g/mol. The molecule has 1 aliphatic carbocycles. The molecule has 0 heterocycles. The normalized spacial score (nSPS) is 14.3. The Morgan fingerprint density at radius 3 is 2.52 bits per heavy atom. The topological polar surface area (TPSA) is 65.5 Å². The fraction of sp³-hybridized carbons (Fsp3) is 0.375. The molecule has 0 saturated heterocycles. The zero-order valence-corrected chi connectivity index (χ0v) is 15.3. The van der Waals surface area contributed by atoms with Crippen LogP contribution in [0, 0.1) is 5.82 Å². The Morgan fingerprint density at radius 1 is 1.22 bits per heavy atom. The SMILES string of the molecule is CN=C(NCCNC(=O)c1ccccc1F)NC1CC=CC1.I. The number of carbonyl (C=O) groups excluding carboxylic acids is 1. The summed E-state index contributed by atoms with van der Waals surface area (Å²) in [6.07, 6.45) is 6.26. The molecule has 1 aromatic carbocycles. The Balaban J connectivity index is 0.00000264. The number of hydrogen-bond acceptors (Lipinski definition) is 2. The average molecular weight is 432 g/mol. The van der Waals surface area contributed by atoms with Crippen LogP contribution in [0.5, 0.6) is 0 Å². The summed E-state index contributed by atoms with van der Waals surface area (Å²) in [5.41, 5.74) is 0.0574. The van der Waals surface area contributed by atoms with Crippen LogP contribution < -0.4 is 16.0 Å². The number of carbonyl (C=O) groups is 1. The summed E-state index contributed by atoms with van der Waals surface area (Å²) in [6, 6.07) is 6.30. The number of hydrogen-bond donors (Lipinski definition) is 3. The predicted octanol–water partition coefficient (Wildman–Crippen LogP) is 2.06.